The maximum atomic E-state index is 13.1. The first-order valence-corrected chi connectivity index (χ1v) is 20.4. The van der Waals surface area contributed by atoms with Gasteiger partial charge in [-0.15, -0.1) is 0 Å². The van der Waals surface area contributed by atoms with Gasteiger partial charge in [-0.2, -0.15) is 0 Å². The Labute approximate surface area is 340 Å². The summed E-state index contributed by atoms with van der Waals surface area (Å²) < 4.78 is 0. The molecule has 2 fully saturated rings. The Hall–Kier alpha value is -4.90. The van der Waals surface area contributed by atoms with E-state index in [-0.39, 0.29) is 11.8 Å². The lowest BCUT2D eigenvalue weighted by Gasteiger charge is -2.29. The summed E-state index contributed by atoms with van der Waals surface area (Å²) in [4.78, 5) is 75.4. The number of carbonyl (C=O) groups is 6. The van der Waals surface area contributed by atoms with Crippen LogP contribution in [0, 0.1) is 0 Å². The zero-order valence-corrected chi connectivity index (χ0v) is 33.3. The van der Waals surface area contributed by atoms with Crippen LogP contribution in [-0.4, -0.2) is 128 Å². The van der Waals surface area contributed by atoms with Crippen molar-refractivity contribution in [3.05, 3.63) is 71.8 Å². The summed E-state index contributed by atoms with van der Waals surface area (Å²) in [6.07, 6.45) is 7.53. The summed E-state index contributed by atoms with van der Waals surface area (Å²) in [5.41, 5.74) is 13.1. The molecule has 2 aliphatic rings. The molecule has 0 radical (unpaired) electrons. The number of carbonyl (C=O) groups excluding carboxylic acids is 2. The van der Waals surface area contributed by atoms with Crippen molar-refractivity contribution < 1.29 is 49.2 Å². The van der Waals surface area contributed by atoms with Crippen LogP contribution < -0.4 is 22.1 Å². The molecule has 0 aromatic heterocycles. The Bertz CT molecular complexity index is 1480. The molecule has 2 aliphatic heterocycles. The molecule has 6 atom stereocenters. The van der Waals surface area contributed by atoms with E-state index in [0.29, 0.717) is 103 Å². The summed E-state index contributed by atoms with van der Waals surface area (Å²) in [7, 11) is 0. The third-order valence-corrected chi connectivity index (χ3v) is 10.7. The standard InChI is InChI=1S/2C21H31N3O5/c2*22-13-5-4-9-16(19(25)24-14-6-10-18(24)21(28)29)23-17(20(26)27)12-11-15-7-2-1-3-8-15/h2*1-3,7-8,16-18,23H,4-6,9-14,22H2,(H,26,27)(H,28,29)/t2*16-,17-,18-/m00/s1. The van der Waals surface area contributed by atoms with Gasteiger partial charge in [0.2, 0.25) is 11.8 Å². The highest BCUT2D eigenvalue weighted by Crippen LogP contribution is 2.22. The Kier molecular flexibility index (Phi) is 20.8. The second-order valence-corrected chi connectivity index (χ2v) is 14.9. The lowest BCUT2D eigenvalue weighted by atomic mass is 10.0. The van der Waals surface area contributed by atoms with Gasteiger partial charge in [-0.25, -0.2) is 9.59 Å². The monoisotopic (exact) mass is 810 g/mol. The van der Waals surface area contributed by atoms with E-state index in [9.17, 15) is 49.2 Å². The fourth-order valence-corrected chi connectivity index (χ4v) is 7.47. The maximum absolute atomic E-state index is 13.1. The minimum absolute atomic E-state index is 0.335. The highest BCUT2D eigenvalue weighted by atomic mass is 16.4. The summed E-state index contributed by atoms with van der Waals surface area (Å²) in [5.74, 6) is -4.75. The quantitative estimate of drug-likeness (QED) is 0.0709. The molecule has 58 heavy (non-hydrogen) atoms. The average Bonchev–Trinajstić information content (AvgIpc) is 3.92. The summed E-state index contributed by atoms with van der Waals surface area (Å²) in [6.45, 7) is 1.73. The summed E-state index contributed by atoms with van der Waals surface area (Å²) >= 11 is 0. The predicted molar refractivity (Wildman–Crippen MR) is 217 cm³/mol. The van der Waals surface area contributed by atoms with E-state index in [1.54, 1.807) is 0 Å². The minimum atomic E-state index is -1.02. The van der Waals surface area contributed by atoms with Crippen LogP contribution >= 0.6 is 0 Å². The van der Waals surface area contributed by atoms with Crippen LogP contribution in [0.1, 0.15) is 88.2 Å². The van der Waals surface area contributed by atoms with E-state index >= 15 is 0 Å². The van der Waals surface area contributed by atoms with Crippen molar-refractivity contribution >= 4 is 35.7 Å². The third kappa shape index (κ3) is 15.5. The van der Waals surface area contributed by atoms with E-state index in [2.05, 4.69) is 10.6 Å². The first-order chi connectivity index (χ1) is 27.9. The number of aliphatic carboxylic acids is 4. The molecule has 10 N–H and O–H groups in total. The average molecular weight is 811 g/mol. The number of rotatable bonds is 24. The van der Waals surface area contributed by atoms with Gasteiger partial charge in [0.1, 0.15) is 24.2 Å². The fraction of sp³-hybridized carbons (Fsp3) is 0.571. The van der Waals surface area contributed by atoms with Crippen molar-refractivity contribution in [3.8, 4) is 0 Å². The Morgan fingerprint density at radius 2 is 0.914 bits per heavy atom. The van der Waals surface area contributed by atoms with Crippen molar-refractivity contribution in [1.82, 2.24) is 20.4 Å². The predicted octanol–water partition coefficient (Wildman–Crippen LogP) is 2.47. The van der Waals surface area contributed by atoms with Gasteiger partial charge in [-0.1, -0.05) is 73.5 Å². The second kappa shape index (κ2) is 25.5. The van der Waals surface area contributed by atoms with Crippen LogP contribution in [0.3, 0.4) is 0 Å². The van der Waals surface area contributed by atoms with E-state index in [0.717, 1.165) is 24.0 Å². The van der Waals surface area contributed by atoms with Crippen molar-refractivity contribution in [1.29, 1.82) is 0 Å². The van der Waals surface area contributed by atoms with Crippen LogP contribution in [0.2, 0.25) is 0 Å². The number of benzene rings is 2. The number of amides is 2. The number of hydrogen-bond donors (Lipinski definition) is 8. The number of nitrogens with two attached hydrogens (primary N) is 2. The molecule has 2 heterocycles. The molecule has 4 rings (SSSR count). The SMILES string of the molecule is NCCCC[C@H](N[C@@H](CCc1ccccc1)C(=O)O)C(=O)N1CCC[C@H]1C(=O)O.NCCCC[C@H](N[C@@H](CCc1ccccc1)C(=O)O)C(=O)N1CCC[C@H]1C(=O)O. The third-order valence-electron chi connectivity index (χ3n) is 10.7. The molecular weight excluding hydrogens is 748 g/mol. The van der Waals surface area contributed by atoms with E-state index in [4.69, 9.17) is 11.5 Å². The van der Waals surface area contributed by atoms with Crippen LogP contribution in [0.15, 0.2) is 60.7 Å². The first kappa shape index (κ1) is 47.5. The number of carboxylic acid groups (broad SMARTS) is 4. The molecule has 16 nitrogen and oxygen atoms in total. The minimum Gasteiger partial charge on any atom is -0.480 e. The molecule has 2 amide bonds. The van der Waals surface area contributed by atoms with E-state index in [1.807, 2.05) is 60.7 Å². The molecule has 0 bridgehead atoms. The highest BCUT2D eigenvalue weighted by Gasteiger charge is 2.39. The summed E-state index contributed by atoms with van der Waals surface area (Å²) in [5, 5.41) is 44.1. The summed E-state index contributed by atoms with van der Waals surface area (Å²) in [6, 6.07) is 14.2. The van der Waals surface area contributed by atoms with Crippen molar-refractivity contribution in [2.75, 3.05) is 26.2 Å². The fourth-order valence-electron chi connectivity index (χ4n) is 7.47. The first-order valence-electron chi connectivity index (χ1n) is 20.4. The number of aryl methyl sites for hydroxylation is 2. The van der Waals surface area contributed by atoms with Crippen molar-refractivity contribution in [2.24, 2.45) is 11.5 Å². The molecule has 0 spiro atoms. The zero-order valence-electron chi connectivity index (χ0n) is 33.3. The highest BCUT2D eigenvalue weighted by molar-refractivity contribution is 5.89. The number of nitrogens with one attached hydrogen (secondary N) is 2. The van der Waals surface area contributed by atoms with Gasteiger partial charge in [0.05, 0.1) is 12.1 Å². The van der Waals surface area contributed by atoms with Gasteiger partial charge < -0.3 is 41.7 Å². The number of unbranched alkanes of at least 4 members (excludes halogenated alkanes) is 2. The topological polar surface area (TPSA) is 266 Å². The number of nitrogens with zero attached hydrogens (tertiary/aromatic N) is 2. The number of hydrogen-bond acceptors (Lipinski definition) is 10. The Morgan fingerprint density at radius 1 is 0.552 bits per heavy atom. The number of carboxylic acids is 4. The largest absolute Gasteiger partial charge is 0.480 e. The Morgan fingerprint density at radius 3 is 1.22 bits per heavy atom. The molecule has 2 saturated heterocycles. The second-order valence-electron chi connectivity index (χ2n) is 14.9. The van der Waals surface area contributed by atoms with E-state index in [1.165, 1.54) is 9.80 Å². The van der Waals surface area contributed by atoms with Gasteiger partial charge in [0, 0.05) is 13.1 Å². The lowest BCUT2D eigenvalue weighted by Crippen LogP contribution is -2.54. The van der Waals surface area contributed by atoms with Gasteiger partial charge in [0.15, 0.2) is 0 Å². The van der Waals surface area contributed by atoms with Gasteiger partial charge in [-0.05, 0) is 101 Å². The van der Waals surface area contributed by atoms with Crippen LogP contribution in [-0.2, 0) is 41.6 Å². The van der Waals surface area contributed by atoms with Gasteiger partial charge in [-0.3, -0.25) is 29.8 Å². The normalized spacial score (nSPS) is 18.4. The van der Waals surface area contributed by atoms with Crippen LogP contribution in [0.25, 0.3) is 0 Å². The number of likely N-dealkylation sites (tertiary alicyclic amines) is 2. The van der Waals surface area contributed by atoms with Crippen molar-refractivity contribution in [2.45, 2.75) is 126 Å². The molecule has 16 heteroatoms. The van der Waals surface area contributed by atoms with Crippen molar-refractivity contribution in [3.63, 3.8) is 0 Å². The molecule has 320 valence electrons. The Balaban J connectivity index is 0.000000310. The molecular formula is C42H62N6O10. The maximum Gasteiger partial charge on any atom is 0.326 e. The molecule has 0 aliphatic carbocycles. The van der Waals surface area contributed by atoms with E-state index < -0.39 is 60.1 Å². The smallest absolute Gasteiger partial charge is 0.326 e. The lowest BCUT2D eigenvalue weighted by molar-refractivity contribution is -0.149. The van der Waals surface area contributed by atoms with Crippen LogP contribution in [0.5, 0.6) is 0 Å². The molecule has 0 saturated carbocycles. The molecule has 2 aromatic carbocycles. The zero-order chi connectivity index (χ0) is 42.5. The van der Waals surface area contributed by atoms with Crippen LogP contribution in [0.4, 0.5) is 0 Å². The van der Waals surface area contributed by atoms with Gasteiger partial charge in [0.25, 0.3) is 0 Å². The molecule has 0 unspecified atom stereocenters. The van der Waals surface area contributed by atoms with Gasteiger partial charge >= 0.3 is 23.9 Å². The molecule has 2 aromatic rings.